The largest absolute Gasteiger partial charge is 0.396 e. The molecule has 3 N–H and O–H groups in total. The van der Waals surface area contributed by atoms with Gasteiger partial charge in [0.25, 0.3) is 0 Å². The summed E-state index contributed by atoms with van der Waals surface area (Å²) in [6.45, 7) is 5.23. The molecule has 0 radical (unpaired) electrons. The fourth-order valence-electron chi connectivity index (χ4n) is 3.05. The third-order valence-electron chi connectivity index (χ3n) is 4.01. The third-order valence-corrected chi connectivity index (χ3v) is 4.99. The Labute approximate surface area is 126 Å². The lowest BCUT2D eigenvalue weighted by Crippen LogP contribution is -2.36. The number of piperidine rings is 1. The standard InChI is InChI=1S/C16H26N2OS/c1-2-20-16-7-3-6-15(14(16)11-17)18-9-4-5-13(12-18)8-10-19/h3,6-7,13,19H,2,4-5,8-12,17H2,1H3. The average molecular weight is 294 g/mol. The molecule has 1 heterocycles. The van der Waals surface area contributed by atoms with E-state index in [0.717, 1.165) is 25.3 Å². The Hall–Kier alpha value is -0.710. The SMILES string of the molecule is CCSc1cccc(N2CCCC(CCO)C2)c1CN. The Balaban J connectivity index is 2.20. The van der Waals surface area contributed by atoms with Gasteiger partial charge in [-0.25, -0.2) is 0 Å². The molecule has 112 valence electrons. The van der Waals surface area contributed by atoms with Crippen molar-refractivity contribution >= 4 is 17.4 Å². The van der Waals surface area contributed by atoms with Crippen LogP contribution >= 0.6 is 11.8 Å². The fraction of sp³-hybridized carbons (Fsp3) is 0.625. The van der Waals surface area contributed by atoms with Crippen LogP contribution in [0.1, 0.15) is 31.7 Å². The molecule has 3 nitrogen and oxygen atoms in total. The first-order chi connectivity index (χ1) is 9.80. The van der Waals surface area contributed by atoms with Crippen LogP contribution in [0.25, 0.3) is 0 Å². The van der Waals surface area contributed by atoms with E-state index in [0.29, 0.717) is 19.1 Å². The number of anilines is 1. The summed E-state index contributed by atoms with van der Waals surface area (Å²) in [6, 6.07) is 6.51. The van der Waals surface area contributed by atoms with Crippen molar-refractivity contribution in [3.05, 3.63) is 23.8 Å². The van der Waals surface area contributed by atoms with Gasteiger partial charge in [-0.1, -0.05) is 13.0 Å². The second-order valence-electron chi connectivity index (χ2n) is 5.36. The van der Waals surface area contributed by atoms with Crippen molar-refractivity contribution in [2.24, 2.45) is 11.7 Å². The Morgan fingerprint density at radius 3 is 3.00 bits per heavy atom. The number of benzene rings is 1. The molecule has 0 aliphatic carbocycles. The van der Waals surface area contributed by atoms with Crippen LogP contribution in [0.4, 0.5) is 5.69 Å². The first kappa shape index (κ1) is 15.7. The molecule has 0 spiro atoms. The lowest BCUT2D eigenvalue weighted by molar-refractivity contribution is 0.244. The summed E-state index contributed by atoms with van der Waals surface area (Å²) < 4.78 is 0. The van der Waals surface area contributed by atoms with E-state index < -0.39 is 0 Å². The molecule has 1 unspecified atom stereocenters. The van der Waals surface area contributed by atoms with Gasteiger partial charge >= 0.3 is 0 Å². The van der Waals surface area contributed by atoms with Crippen LogP contribution in [-0.2, 0) is 6.54 Å². The van der Waals surface area contributed by atoms with Crippen LogP contribution in [-0.4, -0.2) is 30.6 Å². The third kappa shape index (κ3) is 3.68. The summed E-state index contributed by atoms with van der Waals surface area (Å²) in [7, 11) is 0. The fourth-order valence-corrected chi connectivity index (χ4v) is 3.90. The zero-order valence-electron chi connectivity index (χ0n) is 12.3. The Morgan fingerprint density at radius 2 is 2.30 bits per heavy atom. The summed E-state index contributed by atoms with van der Waals surface area (Å²) in [5, 5.41) is 9.15. The van der Waals surface area contributed by atoms with Crippen molar-refractivity contribution in [1.82, 2.24) is 0 Å². The van der Waals surface area contributed by atoms with Gasteiger partial charge in [0.15, 0.2) is 0 Å². The summed E-state index contributed by atoms with van der Waals surface area (Å²) in [4.78, 5) is 3.78. The minimum absolute atomic E-state index is 0.300. The maximum Gasteiger partial charge on any atom is 0.0434 e. The molecular weight excluding hydrogens is 268 g/mol. The zero-order valence-corrected chi connectivity index (χ0v) is 13.2. The number of aliphatic hydroxyl groups is 1. The van der Waals surface area contributed by atoms with E-state index in [1.807, 2.05) is 11.8 Å². The van der Waals surface area contributed by atoms with E-state index in [4.69, 9.17) is 10.8 Å². The topological polar surface area (TPSA) is 49.5 Å². The van der Waals surface area contributed by atoms with Crippen molar-refractivity contribution in [3.8, 4) is 0 Å². The quantitative estimate of drug-likeness (QED) is 0.792. The number of hydrogen-bond acceptors (Lipinski definition) is 4. The first-order valence-electron chi connectivity index (χ1n) is 7.60. The Kier molecular flexibility index (Phi) is 6.20. The maximum atomic E-state index is 9.15. The minimum atomic E-state index is 0.300. The molecule has 1 aliphatic rings. The van der Waals surface area contributed by atoms with Crippen LogP contribution in [0.2, 0.25) is 0 Å². The predicted octanol–water partition coefficient (Wildman–Crippen LogP) is 2.86. The zero-order chi connectivity index (χ0) is 14.4. The van der Waals surface area contributed by atoms with Crippen LogP contribution in [0, 0.1) is 5.92 Å². The van der Waals surface area contributed by atoms with E-state index in [2.05, 4.69) is 30.0 Å². The summed E-state index contributed by atoms with van der Waals surface area (Å²) >= 11 is 1.87. The highest BCUT2D eigenvalue weighted by molar-refractivity contribution is 7.99. The lowest BCUT2D eigenvalue weighted by atomic mass is 9.94. The van der Waals surface area contributed by atoms with Gasteiger partial charge in [-0.2, -0.15) is 0 Å². The highest BCUT2D eigenvalue weighted by Crippen LogP contribution is 2.33. The lowest BCUT2D eigenvalue weighted by Gasteiger charge is -2.35. The maximum absolute atomic E-state index is 9.15. The molecule has 1 atom stereocenters. The molecule has 20 heavy (non-hydrogen) atoms. The molecular formula is C16H26N2OS. The van der Waals surface area contributed by atoms with Crippen molar-refractivity contribution < 1.29 is 5.11 Å². The number of nitrogens with two attached hydrogens (primary N) is 1. The van der Waals surface area contributed by atoms with Crippen molar-refractivity contribution in [1.29, 1.82) is 0 Å². The molecule has 1 aromatic carbocycles. The van der Waals surface area contributed by atoms with Crippen molar-refractivity contribution in [3.63, 3.8) is 0 Å². The normalized spacial score (nSPS) is 19.4. The van der Waals surface area contributed by atoms with Gasteiger partial charge in [-0.3, -0.25) is 0 Å². The summed E-state index contributed by atoms with van der Waals surface area (Å²) in [5.74, 6) is 1.69. The number of hydrogen-bond donors (Lipinski definition) is 2. The molecule has 4 heteroatoms. The molecule has 0 saturated carbocycles. The number of rotatable bonds is 6. The van der Waals surface area contributed by atoms with E-state index in [1.54, 1.807) is 0 Å². The highest BCUT2D eigenvalue weighted by atomic mass is 32.2. The van der Waals surface area contributed by atoms with Crippen LogP contribution in [0.3, 0.4) is 0 Å². The molecule has 1 saturated heterocycles. The van der Waals surface area contributed by atoms with Crippen molar-refractivity contribution in [2.75, 3.05) is 30.3 Å². The van der Waals surface area contributed by atoms with Gasteiger partial charge in [0.2, 0.25) is 0 Å². The second kappa shape index (κ2) is 7.91. The average Bonchev–Trinajstić information content (AvgIpc) is 2.48. The van der Waals surface area contributed by atoms with E-state index in [-0.39, 0.29) is 0 Å². The van der Waals surface area contributed by atoms with Gasteiger partial charge in [0.1, 0.15) is 0 Å². The van der Waals surface area contributed by atoms with Crippen molar-refractivity contribution in [2.45, 2.75) is 37.6 Å². The molecule has 1 fully saturated rings. The minimum Gasteiger partial charge on any atom is -0.396 e. The monoisotopic (exact) mass is 294 g/mol. The Morgan fingerprint density at radius 1 is 1.45 bits per heavy atom. The summed E-state index contributed by atoms with van der Waals surface area (Å²) in [6.07, 6.45) is 3.36. The molecule has 2 rings (SSSR count). The van der Waals surface area contributed by atoms with Gasteiger partial charge in [-0.05, 0) is 43.1 Å². The van der Waals surface area contributed by atoms with Gasteiger partial charge in [-0.15, -0.1) is 11.8 Å². The number of nitrogens with zero attached hydrogens (tertiary/aromatic N) is 1. The van der Waals surface area contributed by atoms with Gasteiger partial charge in [0, 0.05) is 42.4 Å². The summed E-state index contributed by atoms with van der Waals surface area (Å²) in [5.41, 5.74) is 8.58. The second-order valence-corrected chi connectivity index (χ2v) is 6.66. The van der Waals surface area contributed by atoms with E-state index in [9.17, 15) is 0 Å². The van der Waals surface area contributed by atoms with Crippen LogP contribution in [0.15, 0.2) is 23.1 Å². The molecule has 1 aliphatic heterocycles. The van der Waals surface area contributed by atoms with Crippen LogP contribution < -0.4 is 10.6 Å². The molecule has 0 aromatic heterocycles. The molecule has 0 amide bonds. The number of thioether (sulfide) groups is 1. The van der Waals surface area contributed by atoms with Gasteiger partial charge in [0.05, 0.1) is 0 Å². The number of aliphatic hydroxyl groups excluding tert-OH is 1. The van der Waals surface area contributed by atoms with E-state index >= 15 is 0 Å². The highest BCUT2D eigenvalue weighted by Gasteiger charge is 2.22. The Bertz CT molecular complexity index is 423. The van der Waals surface area contributed by atoms with Gasteiger partial charge < -0.3 is 15.7 Å². The molecule has 0 bridgehead atoms. The van der Waals surface area contributed by atoms with Crippen LogP contribution in [0.5, 0.6) is 0 Å². The first-order valence-corrected chi connectivity index (χ1v) is 8.59. The molecule has 1 aromatic rings. The predicted molar refractivity (Wildman–Crippen MR) is 87.4 cm³/mol. The smallest absolute Gasteiger partial charge is 0.0434 e. The van der Waals surface area contributed by atoms with E-state index in [1.165, 1.54) is 29.0 Å².